The molecular weight excluding hydrogens is 232 g/mol. The highest BCUT2D eigenvalue weighted by molar-refractivity contribution is 7.99. The van der Waals surface area contributed by atoms with Gasteiger partial charge < -0.3 is 9.73 Å². The van der Waals surface area contributed by atoms with E-state index in [-0.39, 0.29) is 0 Å². The lowest BCUT2D eigenvalue weighted by molar-refractivity contribution is 0.589. The number of anilines is 1. The summed E-state index contributed by atoms with van der Waals surface area (Å²) in [4.78, 5) is 5.56. The zero-order chi connectivity index (χ0) is 12.3. The normalized spacial score (nSPS) is 10.5. The second kappa shape index (κ2) is 5.27. The van der Waals surface area contributed by atoms with E-state index in [1.807, 2.05) is 18.7 Å². The highest BCUT2D eigenvalue weighted by Crippen LogP contribution is 2.28. The lowest BCUT2D eigenvalue weighted by Crippen LogP contribution is -1.85. The van der Waals surface area contributed by atoms with Crippen LogP contribution in [0.2, 0.25) is 0 Å². The van der Waals surface area contributed by atoms with Crippen molar-refractivity contribution in [3.8, 4) is 11.3 Å². The molecule has 17 heavy (non-hydrogen) atoms. The van der Waals surface area contributed by atoms with Crippen LogP contribution in [-0.2, 0) is 0 Å². The molecule has 1 aromatic heterocycles. The first kappa shape index (κ1) is 12.0. The Labute approximate surface area is 106 Å². The van der Waals surface area contributed by atoms with Gasteiger partial charge in [-0.1, -0.05) is 19.1 Å². The Hall–Kier alpha value is -1.42. The number of aryl methyl sites for hydroxylation is 1. The highest BCUT2D eigenvalue weighted by atomic mass is 32.2. The van der Waals surface area contributed by atoms with Crippen molar-refractivity contribution in [2.45, 2.75) is 18.7 Å². The number of rotatable bonds is 4. The van der Waals surface area contributed by atoms with E-state index in [1.165, 1.54) is 4.90 Å². The van der Waals surface area contributed by atoms with E-state index < -0.39 is 0 Å². The van der Waals surface area contributed by atoms with Crippen LogP contribution < -0.4 is 5.32 Å². The van der Waals surface area contributed by atoms with Crippen LogP contribution in [0.25, 0.3) is 11.3 Å². The van der Waals surface area contributed by atoms with Gasteiger partial charge in [0.15, 0.2) is 5.76 Å². The van der Waals surface area contributed by atoms with E-state index >= 15 is 0 Å². The smallest absolute Gasteiger partial charge is 0.295 e. The Balaban J connectivity index is 2.29. The third kappa shape index (κ3) is 2.64. The van der Waals surface area contributed by atoms with Crippen molar-refractivity contribution in [1.82, 2.24) is 4.98 Å². The van der Waals surface area contributed by atoms with Crippen LogP contribution >= 0.6 is 11.8 Å². The summed E-state index contributed by atoms with van der Waals surface area (Å²) in [5.41, 5.74) is 1.97. The second-order valence-corrected chi connectivity index (χ2v) is 4.98. The SMILES string of the molecule is CCSc1ccc(-c2oc(NC)nc2C)cc1. The molecule has 1 N–H and O–H groups in total. The molecule has 0 radical (unpaired) electrons. The molecule has 0 aliphatic heterocycles. The third-order valence-electron chi connectivity index (χ3n) is 2.44. The van der Waals surface area contributed by atoms with Crippen LogP contribution in [0.5, 0.6) is 0 Å². The van der Waals surface area contributed by atoms with Crippen LogP contribution in [0.15, 0.2) is 33.6 Å². The summed E-state index contributed by atoms with van der Waals surface area (Å²) in [5, 5.41) is 2.91. The van der Waals surface area contributed by atoms with Crippen LogP contribution in [0.1, 0.15) is 12.6 Å². The van der Waals surface area contributed by atoms with Crippen molar-refractivity contribution in [3.05, 3.63) is 30.0 Å². The zero-order valence-corrected chi connectivity index (χ0v) is 11.1. The number of aromatic nitrogens is 1. The minimum absolute atomic E-state index is 0.560. The minimum atomic E-state index is 0.560. The summed E-state index contributed by atoms with van der Waals surface area (Å²) in [5.74, 6) is 1.92. The molecule has 0 atom stereocenters. The molecule has 0 unspecified atom stereocenters. The Morgan fingerprint density at radius 2 is 2.00 bits per heavy atom. The monoisotopic (exact) mass is 248 g/mol. The third-order valence-corrected chi connectivity index (χ3v) is 3.33. The molecule has 0 saturated carbocycles. The summed E-state index contributed by atoms with van der Waals surface area (Å²) >= 11 is 1.83. The molecule has 0 aliphatic carbocycles. The van der Waals surface area contributed by atoms with Crippen molar-refractivity contribution in [2.75, 3.05) is 18.1 Å². The van der Waals surface area contributed by atoms with Gasteiger partial charge >= 0.3 is 0 Å². The molecule has 0 fully saturated rings. The maximum Gasteiger partial charge on any atom is 0.295 e. The number of thioether (sulfide) groups is 1. The predicted octanol–water partition coefficient (Wildman–Crippen LogP) is 3.80. The highest BCUT2D eigenvalue weighted by Gasteiger charge is 2.10. The second-order valence-electron chi connectivity index (χ2n) is 3.64. The van der Waals surface area contributed by atoms with Crippen LogP contribution in [0.4, 0.5) is 6.01 Å². The Bertz CT molecular complexity index is 491. The Morgan fingerprint density at radius 3 is 2.53 bits per heavy atom. The van der Waals surface area contributed by atoms with Gasteiger partial charge in [0.2, 0.25) is 0 Å². The molecule has 0 aliphatic rings. The largest absolute Gasteiger partial charge is 0.423 e. The average Bonchev–Trinajstić information content (AvgIpc) is 2.72. The van der Waals surface area contributed by atoms with Crippen molar-refractivity contribution < 1.29 is 4.42 Å². The first-order valence-electron chi connectivity index (χ1n) is 5.63. The van der Waals surface area contributed by atoms with E-state index in [2.05, 4.69) is 41.5 Å². The fourth-order valence-corrected chi connectivity index (χ4v) is 2.30. The summed E-state index contributed by atoms with van der Waals surface area (Å²) in [6, 6.07) is 8.94. The number of oxazole rings is 1. The van der Waals surface area contributed by atoms with E-state index in [0.29, 0.717) is 6.01 Å². The lowest BCUT2D eigenvalue weighted by atomic mass is 10.1. The van der Waals surface area contributed by atoms with Crippen LogP contribution in [-0.4, -0.2) is 17.8 Å². The molecule has 2 aromatic rings. The average molecular weight is 248 g/mol. The number of nitrogens with zero attached hydrogens (tertiary/aromatic N) is 1. The van der Waals surface area contributed by atoms with Crippen molar-refractivity contribution in [2.24, 2.45) is 0 Å². The molecule has 1 aromatic carbocycles. The summed E-state index contributed by atoms with van der Waals surface area (Å²) in [6.45, 7) is 4.10. The van der Waals surface area contributed by atoms with Gasteiger partial charge in [-0.3, -0.25) is 0 Å². The van der Waals surface area contributed by atoms with E-state index in [1.54, 1.807) is 7.05 Å². The molecule has 0 amide bonds. The predicted molar refractivity (Wildman–Crippen MR) is 72.6 cm³/mol. The lowest BCUT2D eigenvalue weighted by Gasteiger charge is -2.01. The van der Waals surface area contributed by atoms with Gasteiger partial charge in [0.1, 0.15) is 0 Å². The molecular formula is C13H16N2OS. The maximum atomic E-state index is 5.62. The van der Waals surface area contributed by atoms with Crippen LogP contribution in [0, 0.1) is 6.92 Å². The fourth-order valence-electron chi connectivity index (χ4n) is 1.64. The number of hydrogen-bond acceptors (Lipinski definition) is 4. The number of nitrogens with one attached hydrogen (secondary N) is 1. The maximum absolute atomic E-state index is 5.62. The van der Waals surface area contributed by atoms with Gasteiger partial charge in [-0.15, -0.1) is 11.8 Å². The van der Waals surface area contributed by atoms with Gasteiger partial charge in [-0.2, -0.15) is 4.98 Å². The number of benzene rings is 1. The quantitative estimate of drug-likeness (QED) is 0.835. The molecule has 1 heterocycles. The summed E-state index contributed by atoms with van der Waals surface area (Å²) < 4.78 is 5.62. The molecule has 0 bridgehead atoms. The number of hydrogen-bond donors (Lipinski definition) is 1. The zero-order valence-electron chi connectivity index (χ0n) is 10.3. The summed E-state index contributed by atoms with van der Waals surface area (Å²) in [7, 11) is 1.80. The minimum Gasteiger partial charge on any atom is -0.423 e. The van der Waals surface area contributed by atoms with Gasteiger partial charge in [0.05, 0.1) is 5.69 Å². The van der Waals surface area contributed by atoms with E-state index in [4.69, 9.17) is 4.42 Å². The van der Waals surface area contributed by atoms with Gasteiger partial charge in [0.25, 0.3) is 6.01 Å². The summed E-state index contributed by atoms with van der Waals surface area (Å²) in [6.07, 6.45) is 0. The first-order valence-corrected chi connectivity index (χ1v) is 6.61. The fraction of sp³-hybridized carbons (Fsp3) is 0.308. The van der Waals surface area contributed by atoms with Crippen molar-refractivity contribution >= 4 is 17.8 Å². The molecule has 3 nitrogen and oxygen atoms in total. The van der Waals surface area contributed by atoms with Gasteiger partial charge in [-0.05, 0) is 24.8 Å². The van der Waals surface area contributed by atoms with Crippen LogP contribution in [0.3, 0.4) is 0 Å². The Morgan fingerprint density at radius 1 is 1.29 bits per heavy atom. The molecule has 90 valence electrons. The Kier molecular flexibility index (Phi) is 3.74. The van der Waals surface area contributed by atoms with E-state index in [9.17, 15) is 0 Å². The molecule has 2 rings (SSSR count). The standard InChI is InChI=1S/C13H16N2OS/c1-4-17-11-7-5-10(6-8-11)12-9(2)15-13(14-3)16-12/h5-8H,4H2,1-3H3,(H,14,15). The van der Waals surface area contributed by atoms with Gasteiger partial charge in [0, 0.05) is 17.5 Å². The van der Waals surface area contributed by atoms with Gasteiger partial charge in [-0.25, -0.2) is 0 Å². The van der Waals surface area contributed by atoms with Crippen molar-refractivity contribution in [3.63, 3.8) is 0 Å². The molecule has 0 saturated heterocycles. The first-order chi connectivity index (χ1) is 8.24. The van der Waals surface area contributed by atoms with E-state index in [0.717, 1.165) is 22.8 Å². The topological polar surface area (TPSA) is 38.1 Å². The molecule has 4 heteroatoms. The molecule has 0 spiro atoms. The van der Waals surface area contributed by atoms with Crippen molar-refractivity contribution in [1.29, 1.82) is 0 Å².